The van der Waals surface area contributed by atoms with Crippen LogP contribution in [0.4, 0.5) is 0 Å². The fourth-order valence-corrected chi connectivity index (χ4v) is 2.24. The fraction of sp³-hybridized carbons (Fsp3) is 0.533. The van der Waals surface area contributed by atoms with Crippen LogP contribution in [0.1, 0.15) is 12.0 Å². The Morgan fingerprint density at radius 1 is 1.45 bits per heavy atom. The standard InChI is InChI=1S/C15H21NO4/c1-18-7-3-6-16-15(17)12-8-11-9-13(19-2)4-5-14(11)20-10-12/h4-5,9,12H,3,6-8,10H2,1-2H3,(H,16,17)/t12-/m0/s1. The summed E-state index contributed by atoms with van der Waals surface area (Å²) in [4.78, 5) is 12.1. The minimum atomic E-state index is -0.142. The third-order valence-electron chi connectivity index (χ3n) is 3.37. The van der Waals surface area contributed by atoms with Gasteiger partial charge in [0.15, 0.2) is 0 Å². The Morgan fingerprint density at radius 2 is 2.30 bits per heavy atom. The maximum absolute atomic E-state index is 12.1. The zero-order chi connectivity index (χ0) is 14.4. The lowest BCUT2D eigenvalue weighted by atomic mass is 9.96. The molecule has 5 heteroatoms. The maximum Gasteiger partial charge on any atom is 0.226 e. The number of amides is 1. The molecule has 1 N–H and O–H groups in total. The summed E-state index contributed by atoms with van der Waals surface area (Å²) in [5, 5.41) is 2.92. The Morgan fingerprint density at radius 3 is 3.05 bits per heavy atom. The van der Waals surface area contributed by atoms with Crippen LogP contribution < -0.4 is 14.8 Å². The van der Waals surface area contributed by atoms with Gasteiger partial charge in [0.05, 0.1) is 13.0 Å². The molecule has 1 amide bonds. The van der Waals surface area contributed by atoms with Gasteiger partial charge in [0.1, 0.15) is 18.1 Å². The van der Waals surface area contributed by atoms with Gasteiger partial charge < -0.3 is 19.5 Å². The highest BCUT2D eigenvalue weighted by Gasteiger charge is 2.26. The van der Waals surface area contributed by atoms with Crippen LogP contribution in [0.2, 0.25) is 0 Å². The second kappa shape index (κ2) is 7.14. The molecule has 110 valence electrons. The number of carbonyl (C=O) groups is 1. The molecule has 1 aliphatic heterocycles. The van der Waals surface area contributed by atoms with E-state index >= 15 is 0 Å². The van der Waals surface area contributed by atoms with E-state index in [4.69, 9.17) is 14.2 Å². The summed E-state index contributed by atoms with van der Waals surface area (Å²) < 4.78 is 15.8. The lowest BCUT2D eigenvalue weighted by Gasteiger charge is -2.25. The van der Waals surface area contributed by atoms with Crippen molar-refractivity contribution >= 4 is 5.91 Å². The quantitative estimate of drug-likeness (QED) is 0.800. The molecule has 1 aromatic rings. The van der Waals surface area contributed by atoms with E-state index in [9.17, 15) is 4.79 Å². The molecule has 0 saturated heterocycles. The Kier molecular flexibility index (Phi) is 5.24. The first-order valence-corrected chi connectivity index (χ1v) is 6.81. The smallest absolute Gasteiger partial charge is 0.226 e. The van der Waals surface area contributed by atoms with Crippen molar-refractivity contribution in [3.8, 4) is 11.5 Å². The summed E-state index contributed by atoms with van der Waals surface area (Å²) in [6.45, 7) is 1.71. The van der Waals surface area contributed by atoms with E-state index in [1.807, 2.05) is 18.2 Å². The van der Waals surface area contributed by atoms with Crippen LogP contribution in [-0.4, -0.2) is 39.9 Å². The molecule has 0 aliphatic carbocycles. The molecule has 1 atom stereocenters. The number of rotatable bonds is 6. The fourth-order valence-electron chi connectivity index (χ4n) is 2.24. The third-order valence-corrected chi connectivity index (χ3v) is 3.37. The molecule has 0 saturated carbocycles. The molecule has 1 aromatic carbocycles. The van der Waals surface area contributed by atoms with Crippen molar-refractivity contribution in [2.45, 2.75) is 12.8 Å². The number of carbonyl (C=O) groups excluding carboxylic acids is 1. The van der Waals surface area contributed by atoms with E-state index < -0.39 is 0 Å². The van der Waals surface area contributed by atoms with Crippen molar-refractivity contribution < 1.29 is 19.0 Å². The van der Waals surface area contributed by atoms with E-state index in [1.54, 1.807) is 14.2 Å². The first kappa shape index (κ1) is 14.7. The SMILES string of the molecule is COCCCNC(=O)[C@@H]1COc2ccc(OC)cc2C1. The average molecular weight is 279 g/mol. The minimum Gasteiger partial charge on any atom is -0.497 e. The van der Waals surface area contributed by atoms with Gasteiger partial charge in [-0.25, -0.2) is 0 Å². The third kappa shape index (κ3) is 3.63. The van der Waals surface area contributed by atoms with E-state index in [0.29, 0.717) is 26.2 Å². The van der Waals surface area contributed by atoms with Crippen molar-refractivity contribution in [1.29, 1.82) is 0 Å². The Hall–Kier alpha value is -1.75. The van der Waals surface area contributed by atoms with Gasteiger partial charge in [-0.2, -0.15) is 0 Å². The zero-order valence-electron chi connectivity index (χ0n) is 12.0. The predicted octanol–water partition coefficient (Wildman–Crippen LogP) is 1.40. The van der Waals surface area contributed by atoms with Crippen molar-refractivity contribution in [3.05, 3.63) is 23.8 Å². The molecule has 5 nitrogen and oxygen atoms in total. The molecular formula is C15H21NO4. The highest BCUT2D eigenvalue weighted by Crippen LogP contribution is 2.30. The summed E-state index contributed by atoms with van der Waals surface area (Å²) >= 11 is 0. The molecule has 1 heterocycles. The maximum atomic E-state index is 12.1. The lowest BCUT2D eigenvalue weighted by Crippen LogP contribution is -2.38. The summed E-state index contributed by atoms with van der Waals surface area (Å²) in [7, 11) is 3.28. The van der Waals surface area contributed by atoms with Gasteiger partial charge in [0, 0.05) is 20.3 Å². The highest BCUT2D eigenvalue weighted by atomic mass is 16.5. The van der Waals surface area contributed by atoms with Gasteiger partial charge in [-0.3, -0.25) is 4.79 Å². The second-order valence-electron chi connectivity index (χ2n) is 4.82. The normalized spacial score (nSPS) is 17.0. The number of hydrogen-bond donors (Lipinski definition) is 1. The summed E-state index contributed by atoms with van der Waals surface area (Å²) in [6, 6.07) is 5.69. The van der Waals surface area contributed by atoms with Crippen LogP contribution in [0.25, 0.3) is 0 Å². The molecule has 0 fully saturated rings. The Balaban J connectivity index is 1.91. The van der Waals surface area contributed by atoms with Crippen LogP contribution in [-0.2, 0) is 16.0 Å². The molecule has 0 unspecified atom stereocenters. The largest absolute Gasteiger partial charge is 0.497 e. The van der Waals surface area contributed by atoms with E-state index in [-0.39, 0.29) is 11.8 Å². The molecule has 0 aromatic heterocycles. The van der Waals surface area contributed by atoms with Crippen LogP contribution in [0, 0.1) is 5.92 Å². The van der Waals surface area contributed by atoms with Crippen LogP contribution in [0.15, 0.2) is 18.2 Å². The molecule has 0 radical (unpaired) electrons. The van der Waals surface area contributed by atoms with Crippen molar-refractivity contribution in [2.24, 2.45) is 5.92 Å². The van der Waals surface area contributed by atoms with Crippen LogP contribution in [0.5, 0.6) is 11.5 Å². The van der Waals surface area contributed by atoms with Crippen molar-refractivity contribution in [2.75, 3.05) is 34.0 Å². The van der Waals surface area contributed by atoms with Crippen LogP contribution in [0.3, 0.4) is 0 Å². The van der Waals surface area contributed by atoms with Crippen LogP contribution >= 0.6 is 0 Å². The highest BCUT2D eigenvalue weighted by molar-refractivity contribution is 5.79. The first-order chi connectivity index (χ1) is 9.74. The molecule has 20 heavy (non-hydrogen) atoms. The van der Waals surface area contributed by atoms with E-state index in [2.05, 4.69) is 5.32 Å². The van der Waals surface area contributed by atoms with Gasteiger partial charge in [-0.15, -0.1) is 0 Å². The van der Waals surface area contributed by atoms with Gasteiger partial charge in [-0.05, 0) is 36.6 Å². The Labute approximate surface area is 119 Å². The summed E-state index contributed by atoms with van der Waals surface area (Å²) in [6.07, 6.45) is 1.50. The van der Waals surface area contributed by atoms with Crippen molar-refractivity contribution in [1.82, 2.24) is 5.32 Å². The zero-order valence-corrected chi connectivity index (χ0v) is 12.0. The molecule has 0 spiro atoms. The van der Waals surface area contributed by atoms with Gasteiger partial charge in [0.25, 0.3) is 0 Å². The number of fused-ring (bicyclic) bond motifs is 1. The van der Waals surface area contributed by atoms with Crippen molar-refractivity contribution in [3.63, 3.8) is 0 Å². The number of methoxy groups -OCH3 is 2. The van der Waals surface area contributed by atoms with Gasteiger partial charge >= 0.3 is 0 Å². The van der Waals surface area contributed by atoms with Gasteiger partial charge in [-0.1, -0.05) is 0 Å². The number of benzene rings is 1. The monoisotopic (exact) mass is 279 g/mol. The molecule has 1 aliphatic rings. The summed E-state index contributed by atoms with van der Waals surface area (Å²) in [5.74, 6) is 1.52. The number of nitrogens with one attached hydrogen (secondary N) is 1. The molecule has 2 rings (SSSR count). The lowest BCUT2D eigenvalue weighted by molar-refractivity contribution is -0.126. The van der Waals surface area contributed by atoms with E-state index in [1.165, 1.54) is 0 Å². The first-order valence-electron chi connectivity index (χ1n) is 6.81. The number of ether oxygens (including phenoxy) is 3. The minimum absolute atomic E-state index is 0.0366. The molecular weight excluding hydrogens is 258 g/mol. The van der Waals surface area contributed by atoms with E-state index in [0.717, 1.165) is 23.5 Å². The second-order valence-corrected chi connectivity index (χ2v) is 4.82. The average Bonchev–Trinajstić information content (AvgIpc) is 2.50. The molecule has 0 bridgehead atoms. The topological polar surface area (TPSA) is 56.8 Å². The summed E-state index contributed by atoms with van der Waals surface area (Å²) in [5.41, 5.74) is 1.02. The van der Waals surface area contributed by atoms with Gasteiger partial charge in [0.2, 0.25) is 5.91 Å². The number of hydrogen-bond acceptors (Lipinski definition) is 4. The predicted molar refractivity (Wildman–Crippen MR) is 75.2 cm³/mol. The Bertz CT molecular complexity index is 461.